The van der Waals surface area contributed by atoms with E-state index in [4.69, 9.17) is 10.5 Å². The van der Waals surface area contributed by atoms with Crippen LogP contribution in [0.15, 0.2) is 48.8 Å². The molecular weight excluding hydrogens is 240 g/mol. The zero-order valence-electron chi connectivity index (χ0n) is 10.2. The second kappa shape index (κ2) is 4.89. The van der Waals surface area contributed by atoms with E-state index < -0.39 is 0 Å². The molecule has 5 nitrogen and oxygen atoms in total. The molecule has 0 aliphatic rings. The first-order chi connectivity index (χ1) is 9.31. The summed E-state index contributed by atoms with van der Waals surface area (Å²) >= 11 is 0. The zero-order valence-corrected chi connectivity index (χ0v) is 10.2. The summed E-state index contributed by atoms with van der Waals surface area (Å²) in [6.45, 7) is 0.444. The Balaban J connectivity index is 1.76. The average Bonchev–Trinajstić information content (AvgIpc) is 2.46. The van der Waals surface area contributed by atoms with E-state index in [1.165, 1.54) is 0 Å². The molecule has 0 spiro atoms. The predicted molar refractivity (Wildman–Crippen MR) is 72.5 cm³/mol. The lowest BCUT2D eigenvalue weighted by molar-refractivity contribution is 0.295. The summed E-state index contributed by atoms with van der Waals surface area (Å²) in [4.78, 5) is 12.6. The zero-order chi connectivity index (χ0) is 13.1. The van der Waals surface area contributed by atoms with Gasteiger partial charge in [0.25, 0.3) is 0 Å². The monoisotopic (exact) mass is 252 g/mol. The number of benzene rings is 1. The summed E-state index contributed by atoms with van der Waals surface area (Å²) in [5.74, 6) is 0.532. The van der Waals surface area contributed by atoms with Crippen molar-refractivity contribution in [2.45, 2.75) is 6.61 Å². The van der Waals surface area contributed by atoms with E-state index in [1.54, 1.807) is 18.5 Å². The van der Waals surface area contributed by atoms with Gasteiger partial charge >= 0.3 is 0 Å². The number of hydrogen-bond donors (Lipinski definition) is 1. The maximum absolute atomic E-state index is 5.63. The van der Waals surface area contributed by atoms with E-state index >= 15 is 0 Å². The lowest BCUT2D eigenvalue weighted by atomic mass is 10.2. The van der Waals surface area contributed by atoms with Crippen LogP contribution in [0.2, 0.25) is 0 Å². The van der Waals surface area contributed by atoms with Crippen LogP contribution in [0.1, 0.15) is 5.56 Å². The quantitative estimate of drug-likeness (QED) is 0.723. The van der Waals surface area contributed by atoms with Gasteiger partial charge < -0.3 is 10.5 Å². The minimum atomic E-state index is 0.444. The number of pyridine rings is 1. The summed E-state index contributed by atoms with van der Waals surface area (Å²) in [6, 6.07) is 11.2. The molecular formula is C14H12N4O. The molecule has 0 unspecified atom stereocenters. The van der Waals surface area contributed by atoms with Crippen molar-refractivity contribution >= 4 is 16.9 Å². The number of nitrogens with zero attached hydrogens (tertiary/aromatic N) is 3. The normalized spacial score (nSPS) is 10.5. The van der Waals surface area contributed by atoms with Crippen LogP contribution < -0.4 is 10.5 Å². The van der Waals surface area contributed by atoms with Gasteiger partial charge in [-0.1, -0.05) is 12.1 Å². The minimum absolute atomic E-state index is 0.444. The Morgan fingerprint density at radius 2 is 1.74 bits per heavy atom. The van der Waals surface area contributed by atoms with E-state index in [-0.39, 0.29) is 0 Å². The van der Waals surface area contributed by atoms with Gasteiger partial charge in [-0.25, -0.2) is 4.98 Å². The highest BCUT2D eigenvalue weighted by atomic mass is 16.5. The molecule has 0 amide bonds. The molecule has 0 atom stereocenters. The van der Waals surface area contributed by atoms with Crippen molar-refractivity contribution in [3.8, 4) is 5.88 Å². The largest absolute Gasteiger partial charge is 0.473 e. The van der Waals surface area contributed by atoms with Crippen LogP contribution in [0.25, 0.3) is 11.2 Å². The fraction of sp³-hybridized carbons (Fsp3) is 0.0714. The van der Waals surface area contributed by atoms with Gasteiger partial charge in [0.05, 0.1) is 0 Å². The summed E-state index contributed by atoms with van der Waals surface area (Å²) < 4.78 is 5.62. The van der Waals surface area contributed by atoms with Gasteiger partial charge in [0, 0.05) is 24.1 Å². The van der Waals surface area contributed by atoms with Crippen molar-refractivity contribution in [3.05, 3.63) is 54.4 Å². The van der Waals surface area contributed by atoms with Crippen molar-refractivity contribution in [1.82, 2.24) is 15.0 Å². The first-order valence-electron chi connectivity index (χ1n) is 5.86. The lowest BCUT2D eigenvalue weighted by Crippen LogP contribution is -1.98. The van der Waals surface area contributed by atoms with Crippen LogP contribution >= 0.6 is 0 Å². The highest BCUT2D eigenvalue weighted by Gasteiger charge is 2.01. The van der Waals surface area contributed by atoms with Gasteiger partial charge in [0.1, 0.15) is 12.1 Å². The van der Waals surface area contributed by atoms with Crippen molar-refractivity contribution in [1.29, 1.82) is 0 Å². The van der Waals surface area contributed by atoms with E-state index in [0.29, 0.717) is 18.1 Å². The van der Waals surface area contributed by atoms with Gasteiger partial charge in [-0.2, -0.15) is 4.98 Å². The summed E-state index contributed by atoms with van der Waals surface area (Å²) in [6.07, 6.45) is 3.25. The van der Waals surface area contributed by atoms with E-state index in [1.807, 2.05) is 30.3 Å². The molecule has 0 saturated carbocycles. The number of rotatable bonds is 3. The molecule has 0 fully saturated rings. The van der Waals surface area contributed by atoms with E-state index in [2.05, 4.69) is 15.0 Å². The van der Waals surface area contributed by atoms with Crippen LogP contribution in [0, 0.1) is 0 Å². The SMILES string of the molecule is Nc1ccc(COc2ccc3nccnc3n2)cc1. The maximum atomic E-state index is 5.63. The molecule has 0 bridgehead atoms. The van der Waals surface area contributed by atoms with Gasteiger partial charge in [0.2, 0.25) is 5.88 Å². The Morgan fingerprint density at radius 1 is 0.947 bits per heavy atom. The molecule has 2 aromatic heterocycles. The molecule has 5 heteroatoms. The van der Waals surface area contributed by atoms with Gasteiger partial charge in [-0.3, -0.25) is 4.98 Å². The number of anilines is 1. The summed E-state index contributed by atoms with van der Waals surface area (Å²) in [5.41, 5.74) is 8.74. The Bertz CT molecular complexity index is 697. The van der Waals surface area contributed by atoms with Crippen LogP contribution in [0.4, 0.5) is 5.69 Å². The number of nitrogens with two attached hydrogens (primary N) is 1. The second-order valence-corrected chi connectivity index (χ2v) is 4.08. The van der Waals surface area contributed by atoms with Crippen molar-refractivity contribution in [2.24, 2.45) is 0 Å². The molecule has 19 heavy (non-hydrogen) atoms. The molecule has 94 valence electrons. The van der Waals surface area contributed by atoms with Crippen molar-refractivity contribution in [2.75, 3.05) is 5.73 Å². The highest BCUT2D eigenvalue weighted by Crippen LogP contribution is 2.14. The summed E-state index contributed by atoms with van der Waals surface area (Å²) in [7, 11) is 0. The fourth-order valence-corrected chi connectivity index (χ4v) is 1.69. The maximum Gasteiger partial charge on any atom is 0.215 e. The lowest BCUT2D eigenvalue weighted by Gasteiger charge is -2.06. The third-order valence-corrected chi connectivity index (χ3v) is 2.67. The van der Waals surface area contributed by atoms with Gasteiger partial charge in [-0.05, 0) is 23.8 Å². The molecule has 0 aliphatic heterocycles. The average molecular weight is 252 g/mol. The van der Waals surface area contributed by atoms with Crippen molar-refractivity contribution in [3.63, 3.8) is 0 Å². The number of nitrogen functional groups attached to an aromatic ring is 1. The minimum Gasteiger partial charge on any atom is -0.473 e. The van der Waals surface area contributed by atoms with Crippen molar-refractivity contribution < 1.29 is 4.74 Å². The third-order valence-electron chi connectivity index (χ3n) is 2.67. The smallest absolute Gasteiger partial charge is 0.215 e. The standard InChI is InChI=1S/C14H12N4O/c15-11-3-1-10(2-4-11)9-19-13-6-5-12-14(18-13)17-8-7-16-12/h1-8H,9,15H2. The predicted octanol–water partition coefficient (Wildman–Crippen LogP) is 2.19. The van der Waals surface area contributed by atoms with Gasteiger partial charge in [0.15, 0.2) is 5.65 Å². The van der Waals surface area contributed by atoms with Crippen LogP contribution in [0.5, 0.6) is 5.88 Å². The topological polar surface area (TPSA) is 73.9 Å². The second-order valence-electron chi connectivity index (χ2n) is 4.08. The molecule has 0 radical (unpaired) electrons. The Hall–Kier alpha value is -2.69. The Morgan fingerprint density at radius 3 is 2.58 bits per heavy atom. The molecule has 0 saturated heterocycles. The summed E-state index contributed by atoms with van der Waals surface area (Å²) in [5, 5.41) is 0. The number of hydrogen-bond acceptors (Lipinski definition) is 5. The molecule has 0 aliphatic carbocycles. The Labute approximate surface area is 110 Å². The molecule has 3 aromatic rings. The first kappa shape index (κ1) is 11.4. The molecule has 1 aromatic carbocycles. The van der Waals surface area contributed by atoms with E-state index in [9.17, 15) is 0 Å². The number of ether oxygens (including phenoxy) is 1. The fourth-order valence-electron chi connectivity index (χ4n) is 1.69. The molecule has 2 N–H and O–H groups in total. The number of fused-ring (bicyclic) bond motifs is 1. The van der Waals surface area contributed by atoms with Gasteiger partial charge in [-0.15, -0.1) is 0 Å². The first-order valence-corrected chi connectivity index (χ1v) is 5.86. The van der Waals surface area contributed by atoms with Crippen LogP contribution in [0.3, 0.4) is 0 Å². The van der Waals surface area contributed by atoms with E-state index in [0.717, 1.165) is 16.8 Å². The Kier molecular flexibility index (Phi) is 2.94. The third kappa shape index (κ3) is 2.60. The highest BCUT2D eigenvalue weighted by molar-refractivity contribution is 5.69. The van der Waals surface area contributed by atoms with Crippen LogP contribution in [-0.4, -0.2) is 15.0 Å². The molecule has 3 rings (SSSR count). The van der Waals surface area contributed by atoms with Crippen LogP contribution in [-0.2, 0) is 6.61 Å². The number of aromatic nitrogens is 3. The molecule has 2 heterocycles.